The number of carbonyl (C=O) groups is 1. The molecule has 1 atom stereocenters. The zero-order chi connectivity index (χ0) is 19.1. The third-order valence-electron chi connectivity index (χ3n) is 4.11. The summed E-state index contributed by atoms with van der Waals surface area (Å²) in [4.78, 5) is 16.4. The summed E-state index contributed by atoms with van der Waals surface area (Å²) in [5.74, 6) is 0.541. The first-order valence-corrected chi connectivity index (χ1v) is 8.58. The quantitative estimate of drug-likeness (QED) is 0.723. The average molecular weight is 357 g/mol. The largest absolute Gasteiger partial charge is 0.489 e. The summed E-state index contributed by atoms with van der Waals surface area (Å²) in [6.45, 7) is 2.37. The summed E-state index contributed by atoms with van der Waals surface area (Å²) in [7, 11) is 0. The van der Waals surface area contributed by atoms with Crippen LogP contribution in [0, 0.1) is 11.3 Å². The number of nitrogens with zero attached hydrogens (tertiary/aromatic N) is 2. The topological polar surface area (TPSA) is 75.0 Å². The van der Waals surface area contributed by atoms with Gasteiger partial charge in [-0.2, -0.15) is 5.26 Å². The van der Waals surface area contributed by atoms with Crippen molar-refractivity contribution in [1.29, 1.82) is 5.26 Å². The molecule has 27 heavy (non-hydrogen) atoms. The number of ether oxygens (including phenoxy) is 1. The number of pyridine rings is 1. The predicted octanol–water partition coefficient (Wildman–Crippen LogP) is 4.02. The molecular weight excluding hydrogens is 338 g/mol. The second-order valence-electron chi connectivity index (χ2n) is 6.11. The lowest BCUT2D eigenvalue weighted by Gasteiger charge is -2.15. The van der Waals surface area contributed by atoms with Crippen LogP contribution in [0.25, 0.3) is 0 Å². The lowest BCUT2D eigenvalue weighted by atomic mass is 10.1. The van der Waals surface area contributed by atoms with Crippen molar-refractivity contribution in [3.63, 3.8) is 0 Å². The van der Waals surface area contributed by atoms with E-state index in [1.807, 2.05) is 49.4 Å². The SMILES string of the molecule is CC(NC(=O)c1cccc(C#N)c1)c1ccc(OCc2cccnc2)cc1. The molecule has 1 heterocycles. The molecule has 0 saturated carbocycles. The number of hydrogen-bond donors (Lipinski definition) is 1. The van der Waals surface area contributed by atoms with E-state index in [4.69, 9.17) is 10.00 Å². The Morgan fingerprint density at radius 3 is 2.70 bits per heavy atom. The van der Waals surface area contributed by atoms with Crippen molar-refractivity contribution in [1.82, 2.24) is 10.3 Å². The Bertz CT molecular complexity index is 947. The van der Waals surface area contributed by atoms with E-state index in [9.17, 15) is 4.79 Å². The Hall–Kier alpha value is -3.65. The maximum absolute atomic E-state index is 12.4. The second-order valence-corrected chi connectivity index (χ2v) is 6.11. The van der Waals surface area contributed by atoms with Crippen molar-refractivity contribution in [3.05, 3.63) is 95.3 Å². The van der Waals surface area contributed by atoms with Crippen molar-refractivity contribution in [2.45, 2.75) is 19.6 Å². The first kappa shape index (κ1) is 18.2. The fraction of sp³-hybridized carbons (Fsp3) is 0.136. The Kier molecular flexibility index (Phi) is 5.80. The monoisotopic (exact) mass is 357 g/mol. The summed E-state index contributed by atoms with van der Waals surface area (Å²) >= 11 is 0. The lowest BCUT2D eigenvalue weighted by Crippen LogP contribution is -2.26. The smallest absolute Gasteiger partial charge is 0.251 e. The molecule has 3 aromatic rings. The molecule has 0 bridgehead atoms. The van der Waals surface area contributed by atoms with Crippen LogP contribution in [-0.2, 0) is 6.61 Å². The van der Waals surface area contributed by atoms with Crippen molar-refractivity contribution in [2.24, 2.45) is 0 Å². The minimum Gasteiger partial charge on any atom is -0.489 e. The van der Waals surface area contributed by atoms with Gasteiger partial charge in [-0.15, -0.1) is 0 Å². The van der Waals surface area contributed by atoms with E-state index < -0.39 is 0 Å². The zero-order valence-corrected chi connectivity index (χ0v) is 14.9. The highest BCUT2D eigenvalue weighted by Gasteiger charge is 2.12. The number of benzene rings is 2. The summed E-state index contributed by atoms with van der Waals surface area (Å²) < 4.78 is 5.74. The van der Waals surface area contributed by atoms with E-state index in [0.29, 0.717) is 17.7 Å². The third-order valence-corrected chi connectivity index (χ3v) is 4.11. The number of amides is 1. The van der Waals surface area contributed by atoms with Gasteiger partial charge in [-0.1, -0.05) is 24.3 Å². The highest BCUT2D eigenvalue weighted by atomic mass is 16.5. The molecule has 2 aromatic carbocycles. The van der Waals surface area contributed by atoms with Gasteiger partial charge in [0.2, 0.25) is 0 Å². The van der Waals surface area contributed by atoms with E-state index in [1.54, 1.807) is 36.7 Å². The van der Waals surface area contributed by atoms with Gasteiger partial charge in [-0.3, -0.25) is 9.78 Å². The maximum atomic E-state index is 12.4. The third kappa shape index (κ3) is 4.93. The van der Waals surface area contributed by atoms with Gasteiger partial charge in [-0.05, 0) is 48.9 Å². The van der Waals surface area contributed by atoms with Gasteiger partial charge < -0.3 is 10.1 Å². The lowest BCUT2D eigenvalue weighted by molar-refractivity contribution is 0.0940. The Morgan fingerprint density at radius 2 is 2.00 bits per heavy atom. The molecule has 0 aliphatic heterocycles. The Balaban J connectivity index is 1.59. The number of aromatic nitrogens is 1. The summed E-state index contributed by atoms with van der Waals surface area (Å²) in [6, 6.07) is 20.0. The molecule has 0 spiro atoms. The van der Waals surface area contributed by atoms with Crippen molar-refractivity contribution < 1.29 is 9.53 Å². The number of nitriles is 1. The van der Waals surface area contributed by atoms with Gasteiger partial charge in [0, 0.05) is 23.5 Å². The van der Waals surface area contributed by atoms with Crippen molar-refractivity contribution in [2.75, 3.05) is 0 Å². The van der Waals surface area contributed by atoms with Gasteiger partial charge in [0.1, 0.15) is 12.4 Å². The summed E-state index contributed by atoms with van der Waals surface area (Å²) in [6.07, 6.45) is 3.50. The van der Waals surface area contributed by atoms with E-state index in [0.717, 1.165) is 16.9 Å². The Morgan fingerprint density at radius 1 is 1.19 bits per heavy atom. The summed E-state index contributed by atoms with van der Waals surface area (Å²) in [5, 5.41) is 11.9. The molecule has 0 fully saturated rings. The first-order valence-electron chi connectivity index (χ1n) is 8.58. The molecule has 134 valence electrons. The van der Waals surface area contributed by atoms with Crippen LogP contribution in [0.1, 0.15) is 40.0 Å². The molecule has 0 aliphatic rings. The molecule has 0 saturated heterocycles. The van der Waals surface area contributed by atoms with E-state index in [-0.39, 0.29) is 11.9 Å². The first-order chi connectivity index (χ1) is 13.2. The standard InChI is InChI=1S/C22H19N3O2/c1-16(25-22(26)20-6-2-4-17(12-20)13-23)19-7-9-21(10-8-19)27-15-18-5-3-11-24-14-18/h2-12,14,16H,15H2,1H3,(H,25,26). The zero-order valence-electron chi connectivity index (χ0n) is 14.9. The van der Waals surface area contributed by atoms with Crippen LogP contribution >= 0.6 is 0 Å². The van der Waals surface area contributed by atoms with E-state index in [1.165, 1.54) is 0 Å². The molecule has 1 unspecified atom stereocenters. The van der Waals surface area contributed by atoms with Crippen LogP contribution < -0.4 is 10.1 Å². The van der Waals surface area contributed by atoms with Crippen molar-refractivity contribution in [3.8, 4) is 11.8 Å². The second kappa shape index (κ2) is 8.63. The van der Waals surface area contributed by atoms with E-state index in [2.05, 4.69) is 10.3 Å². The van der Waals surface area contributed by atoms with Crippen LogP contribution in [0.3, 0.4) is 0 Å². The van der Waals surface area contributed by atoms with Gasteiger partial charge >= 0.3 is 0 Å². The number of carbonyl (C=O) groups excluding carboxylic acids is 1. The van der Waals surface area contributed by atoms with E-state index >= 15 is 0 Å². The van der Waals surface area contributed by atoms with Crippen molar-refractivity contribution >= 4 is 5.91 Å². The van der Waals surface area contributed by atoms with Crippen LogP contribution in [-0.4, -0.2) is 10.9 Å². The number of rotatable bonds is 6. The summed E-state index contributed by atoms with van der Waals surface area (Å²) in [5.41, 5.74) is 2.90. The fourth-order valence-corrected chi connectivity index (χ4v) is 2.60. The molecule has 0 radical (unpaired) electrons. The van der Waals surface area contributed by atoms with Gasteiger partial charge in [0.25, 0.3) is 5.91 Å². The number of hydrogen-bond acceptors (Lipinski definition) is 4. The highest BCUT2D eigenvalue weighted by Crippen LogP contribution is 2.19. The molecule has 1 amide bonds. The number of nitrogens with one attached hydrogen (secondary N) is 1. The predicted molar refractivity (Wildman–Crippen MR) is 102 cm³/mol. The molecule has 1 aromatic heterocycles. The van der Waals surface area contributed by atoms with Crippen LogP contribution in [0.4, 0.5) is 0 Å². The molecule has 3 rings (SSSR count). The van der Waals surface area contributed by atoms with Crippen LogP contribution in [0.15, 0.2) is 73.1 Å². The van der Waals surface area contributed by atoms with Crippen LogP contribution in [0.5, 0.6) is 5.75 Å². The average Bonchev–Trinajstić information content (AvgIpc) is 2.73. The van der Waals surface area contributed by atoms with Gasteiger partial charge in [-0.25, -0.2) is 0 Å². The minimum absolute atomic E-state index is 0.171. The van der Waals surface area contributed by atoms with Gasteiger partial charge in [0.15, 0.2) is 0 Å². The fourth-order valence-electron chi connectivity index (χ4n) is 2.60. The normalized spacial score (nSPS) is 11.3. The minimum atomic E-state index is -0.212. The van der Waals surface area contributed by atoms with Gasteiger partial charge in [0.05, 0.1) is 17.7 Å². The van der Waals surface area contributed by atoms with Crippen LogP contribution in [0.2, 0.25) is 0 Å². The highest BCUT2D eigenvalue weighted by molar-refractivity contribution is 5.94. The maximum Gasteiger partial charge on any atom is 0.251 e. The Labute approximate surface area is 158 Å². The molecule has 5 heteroatoms. The molecular formula is C22H19N3O2. The molecule has 1 N–H and O–H groups in total. The molecule has 0 aliphatic carbocycles. The molecule has 5 nitrogen and oxygen atoms in total.